The molecule has 3 amide bonds. The maximum absolute atomic E-state index is 14.1. The van der Waals surface area contributed by atoms with Crippen molar-refractivity contribution in [1.29, 1.82) is 0 Å². The number of carbonyl (C=O) groups excluding carboxylic acids is 3. The number of hydrogen-bond donors (Lipinski definition) is 4. The Morgan fingerprint density at radius 3 is 2.21 bits per heavy atom. The lowest BCUT2D eigenvalue weighted by molar-refractivity contribution is -0.144. The summed E-state index contributed by atoms with van der Waals surface area (Å²) in [5.74, 6) is 1.79. The number of benzene rings is 1. The normalized spacial score (nSPS) is 18.9. The number of rotatable bonds is 23. The molecule has 1 aromatic carbocycles. The number of fused-ring (bicyclic) bond motifs is 1. The van der Waals surface area contributed by atoms with E-state index in [1.807, 2.05) is 76.5 Å². The number of thiazole rings is 1. The second kappa shape index (κ2) is 26.1. The molecule has 20 nitrogen and oxygen atoms in total. The minimum Gasteiger partial charge on any atom is -0.391 e. The van der Waals surface area contributed by atoms with Gasteiger partial charge in [0, 0.05) is 104 Å². The Labute approximate surface area is 451 Å². The summed E-state index contributed by atoms with van der Waals surface area (Å²) >= 11 is 1.58. The Morgan fingerprint density at radius 2 is 1.57 bits per heavy atom. The van der Waals surface area contributed by atoms with Crippen LogP contribution in [0.3, 0.4) is 0 Å². The first-order valence-electron chi connectivity index (χ1n) is 27.0. The van der Waals surface area contributed by atoms with Crippen molar-refractivity contribution in [2.75, 3.05) is 96.0 Å². The molecule has 0 bridgehead atoms. The molecule has 0 aliphatic carbocycles. The quantitative estimate of drug-likeness (QED) is 0.0561. The fourth-order valence-electron chi connectivity index (χ4n) is 10.4. The first-order valence-corrected chi connectivity index (χ1v) is 27.9. The fourth-order valence-corrected chi connectivity index (χ4v) is 11.2. The summed E-state index contributed by atoms with van der Waals surface area (Å²) in [6.07, 6.45) is 6.71. The van der Waals surface area contributed by atoms with Crippen molar-refractivity contribution < 1.29 is 33.7 Å². The summed E-state index contributed by atoms with van der Waals surface area (Å²) in [6.45, 7) is 22.4. The number of aryl methyl sites for hydroxylation is 1. The largest absolute Gasteiger partial charge is 0.391 e. The number of piperazine rings is 1. The van der Waals surface area contributed by atoms with E-state index in [0.29, 0.717) is 37.4 Å². The van der Waals surface area contributed by atoms with Gasteiger partial charge in [-0.3, -0.25) is 14.4 Å². The topological polar surface area (TPSA) is 218 Å². The van der Waals surface area contributed by atoms with Gasteiger partial charge in [0.05, 0.1) is 46.0 Å². The van der Waals surface area contributed by atoms with Crippen LogP contribution in [0.5, 0.6) is 0 Å². The molecule has 0 spiro atoms. The third-order valence-electron chi connectivity index (χ3n) is 14.6. The number of nitrogens with zero attached hydrogens (tertiary/aromatic N) is 10. The number of imidazole rings is 1. The molecule has 4 atom stereocenters. The Bertz CT molecular complexity index is 2700. The van der Waals surface area contributed by atoms with Crippen LogP contribution in [-0.4, -0.2) is 177 Å². The first kappa shape index (κ1) is 56.5. The van der Waals surface area contributed by atoms with E-state index >= 15 is 0 Å². The lowest BCUT2D eigenvalue weighted by atomic mass is 9.85. The highest BCUT2D eigenvalue weighted by Gasteiger charge is 2.45. The Morgan fingerprint density at radius 1 is 0.868 bits per heavy atom. The number of ether oxygens (including phenoxy) is 3. The number of aliphatic hydroxyl groups is 1. The summed E-state index contributed by atoms with van der Waals surface area (Å²) < 4.78 is 19.8. The van der Waals surface area contributed by atoms with Crippen molar-refractivity contribution in [2.24, 2.45) is 5.41 Å². The Kier molecular flexibility index (Phi) is 19.4. The number of anilines is 3. The monoisotopic (exact) mass is 1070 g/mol. The van der Waals surface area contributed by atoms with Crippen molar-refractivity contribution in [3.8, 4) is 10.4 Å². The number of aliphatic hydroxyl groups excluding tert-OH is 1. The summed E-state index contributed by atoms with van der Waals surface area (Å²) in [7, 11) is 1.77. The minimum atomic E-state index is -0.931. The van der Waals surface area contributed by atoms with Crippen molar-refractivity contribution in [2.45, 2.75) is 124 Å². The van der Waals surface area contributed by atoms with Gasteiger partial charge in [0.1, 0.15) is 48.3 Å². The molecule has 76 heavy (non-hydrogen) atoms. The molecule has 21 heteroatoms. The van der Waals surface area contributed by atoms with Gasteiger partial charge >= 0.3 is 0 Å². The van der Waals surface area contributed by atoms with E-state index in [0.717, 1.165) is 117 Å². The minimum absolute atomic E-state index is 0.00341. The smallest absolute Gasteiger partial charge is 0.246 e. The zero-order valence-corrected chi connectivity index (χ0v) is 46.5. The molecular weight excluding hydrogens is 987 g/mol. The van der Waals surface area contributed by atoms with Crippen LogP contribution in [0.25, 0.3) is 21.5 Å². The van der Waals surface area contributed by atoms with Gasteiger partial charge in [-0.15, -0.1) is 11.3 Å². The number of methoxy groups -OCH3 is 1. The molecule has 1 unspecified atom stereocenters. The molecule has 3 aliphatic heterocycles. The third kappa shape index (κ3) is 14.7. The zero-order chi connectivity index (χ0) is 53.9. The molecule has 0 radical (unpaired) electrons. The van der Waals surface area contributed by atoms with E-state index in [9.17, 15) is 19.5 Å². The van der Waals surface area contributed by atoms with Crippen molar-refractivity contribution >= 4 is 57.7 Å². The summed E-state index contributed by atoms with van der Waals surface area (Å²) in [4.78, 5) is 73.9. The number of β-amino-alcohol motifs (C(OH)–C–C–N with tert-alkyl or cyclic N) is 1. The number of hydrogen-bond acceptors (Lipinski definition) is 17. The molecule has 0 saturated carbocycles. The van der Waals surface area contributed by atoms with Crippen molar-refractivity contribution in [3.05, 3.63) is 71.4 Å². The van der Waals surface area contributed by atoms with Gasteiger partial charge in [0.2, 0.25) is 23.7 Å². The molecule has 8 rings (SSSR count). The number of pyridine rings is 1. The van der Waals surface area contributed by atoms with Crippen molar-refractivity contribution in [1.82, 2.24) is 54.8 Å². The average Bonchev–Trinajstić information content (AvgIpc) is 4.13. The van der Waals surface area contributed by atoms with Gasteiger partial charge in [-0.2, -0.15) is 4.98 Å². The predicted molar refractivity (Wildman–Crippen MR) is 294 cm³/mol. The van der Waals surface area contributed by atoms with E-state index in [-0.39, 0.29) is 43.7 Å². The number of piperidine rings is 1. The number of carbonyl (C=O) groups is 3. The van der Waals surface area contributed by atoms with Crippen LogP contribution >= 0.6 is 11.3 Å². The number of amides is 3. The molecule has 3 saturated heterocycles. The van der Waals surface area contributed by atoms with Crippen LogP contribution in [0, 0.1) is 12.3 Å². The van der Waals surface area contributed by atoms with Crippen LogP contribution < -0.4 is 20.9 Å². The molecule has 5 aromatic rings. The SMILES string of the molecule is COC1CCN(c2nccc(Nc3cc4c(cn3)nc(COCCCN3CCN(CCCOCC(=O)NC(C(=O)N5C[C@H](O)C[C@H]5C(=O)N[C@@H](C)c5ccc(-c6scnc6C)cc5)C(C)(C)C)CC3)n4C(C)C)n2)CC1. The average molecular weight is 1070 g/mol. The van der Waals surface area contributed by atoms with Crippen LogP contribution in [0.1, 0.15) is 103 Å². The van der Waals surface area contributed by atoms with Crippen LogP contribution in [0.2, 0.25) is 0 Å². The zero-order valence-electron chi connectivity index (χ0n) is 45.7. The fraction of sp³-hybridized carbons (Fsp3) is 0.600. The maximum Gasteiger partial charge on any atom is 0.246 e. The number of aromatic nitrogens is 6. The molecule has 7 heterocycles. The number of nitrogens with one attached hydrogen (secondary N) is 3. The van der Waals surface area contributed by atoms with Crippen molar-refractivity contribution in [3.63, 3.8) is 0 Å². The standard InChI is InChI=1S/C55H79N13O7S/c1-36(2)68-44-30-47(61-46-15-18-56-54(62-46)66-21-16-42(73-8)17-22-66)57-31-43(44)60-48(68)33-74-27-9-19-64-23-25-65(26-24-64)20-10-28-75-34-49(70)63-51(55(5,6)7)53(72)67-32-41(69)29-45(67)52(71)59-37(3)39-11-13-40(14-12-39)50-38(4)58-35-76-50/h11-15,18,30-31,35-37,41-42,45,51,69H,9-10,16-17,19-29,32-34H2,1-8H3,(H,59,71)(H,63,70)(H,56,57,61,62)/t37-,41+,45-,51?/m0/s1. The highest BCUT2D eigenvalue weighted by Crippen LogP contribution is 2.31. The lowest BCUT2D eigenvalue weighted by Crippen LogP contribution is -2.58. The Balaban J connectivity index is 0.711. The lowest BCUT2D eigenvalue weighted by Gasteiger charge is -2.35. The van der Waals surface area contributed by atoms with Gasteiger partial charge in [-0.25, -0.2) is 19.9 Å². The van der Waals surface area contributed by atoms with Gasteiger partial charge in [0.15, 0.2) is 0 Å². The summed E-state index contributed by atoms with van der Waals surface area (Å²) in [6, 6.07) is 9.90. The van der Waals surface area contributed by atoms with Crippen LogP contribution in [-0.2, 0) is 35.2 Å². The summed E-state index contributed by atoms with van der Waals surface area (Å²) in [5, 5.41) is 20.0. The predicted octanol–water partition coefficient (Wildman–Crippen LogP) is 5.89. The van der Waals surface area contributed by atoms with E-state index in [1.54, 1.807) is 30.8 Å². The highest BCUT2D eigenvalue weighted by molar-refractivity contribution is 7.13. The number of likely N-dealkylation sites (tertiary alicyclic amines) is 1. The van der Waals surface area contributed by atoms with Gasteiger partial charge in [-0.1, -0.05) is 45.0 Å². The van der Waals surface area contributed by atoms with Gasteiger partial charge in [-0.05, 0) is 76.0 Å². The van der Waals surface area contributed by atoms with E-state index < -0.39 is 35.4 Å². The summed E-state index contributed by atoms with van der Waals surface area (Å²) in [5.41, 5.74) is 5.90. The molecule has 4 N–H and O–H groups in total. The highest BCUT2D eigenvalue weighted by atomic mass is 32.1. The second-order valence-electron chi connectivity index (χ2n) is 21.7. The molecule has 412 valence electrons. The van der Waals surface area contributed by atoms with Gasteiger partial charge in [0.25, 0.3) is 0 Å². The molecule has 4 aromatic heterocycles. The van der Waals surface area contributed by atoms with E-state index in [2.05, 4.69) is 64.0 Å². The van der Waals surface area contributed by atoms with Gasteiger partial charge < -0.3 is 59.4 Å². The Hall–Kier alpha value is -5.68. The van der Waals surface area contributed by atoms with Crippen LogP contribution in [0.4, 0.5) is 17.6 Å². The second-order valence-corrected chi connectivity index (χ2v) is 22.6. The molecule has 3 fully saturated rings. The van der Waals surface area contributed by atoms with Crippen LogP contribution in [0.15, 0.2) is 54.3 Å². The molecular formula is C55H79N13O7S. The molecule has 3 aliphatic rings. The maximum atomic E-state index is 14.1. The first-order chi connectivity index (χ1) is 36.5. The third-order valence-corrected chi connectivity index (χ3v) is 15.6. The van der Waals surface area contributed by atoms with E-state index in [4.69, 9.17) is 24.2 Å². The van der Waals surface area contributed by atoms with E-state index in [1.165, 1.54) is 4.90 Å².